The molecule has 0 spiro atoms. The predicted octanol–water partition coefficient (Wildman–Crippen LogP) is 2.94. The molecule has 0 unspecified atom stereocenters. The highest BCUT2D eigenvalue weighted by molar-refractivity contribution is 7.84. The molecular formula is C15H20N2OS. The van der Waals surface area contributed by atoms with Gasteiger partial charge in [-0.05, 0) is 38.7 Å². The predicted molar refractivity (Wildman–Crippen MR) is 77.4 cm³/mol. The van der Waals surface area contributed by atoms with Crippen LogP contribution in [0.1, 0.15) is 38.8 Å². The van der Waals surface area contributed by atoms with Gasteiger partial charge in [0, 0.05) is 6.04 Å². The van der Waals surface area contributed by atoms with E-state index in [4.69, 9.17) is 5.26 Å². The first-order valence-electron chi connectivity index (χ1n) is 6.56. The molecule has 2 rings (SSSR count). The smallest absolute Gasteiger partial charge is 0.0976 e. The van der Waals surface area contributed by atoms with E-state index < -0.39 is 11.0 Å². The fourth-order valence-electron chi connectivity index (χ4n) is 2.09. The lowest BCUT2D eigenvalue weighted by molar-refractivity contribution is 0.544. The molecule has 0 amide bonds. The average molecular weight is 276 g/mol. The van der Waals surface area contributed by atoms with E-state index in [2.05, 4.69) is 10.8 Å². The fourth-order valence-corrected chi connectivity index (χ4v) is 2.98. The van der Waals surface area contributed by atoms with Gasteiger partial charge in [-0.25, -0.2) is 8.93 Å². The van der Waals surface area contributed by atoms with Gasteiger partial charge < -0.3 is 0 Å². The maximum absolute atomic E-state index is 12.3. The second kappa shape index (κ2) is 5.44. The number of hydrogen-bond acceptors (Lipinski definition) is 2. The largest absolute Gasteiger partial charge is 0.242 e. The van der Waals surface area contributed by atoms with E-state index in [-0.39, 0.29) is 22.6 Å². The number of nitrogens with zero attached hydrogens (tertiary/aromatic N) is 1. The molecule has 0 saturated heterocycles. The highest BCUT2D eigenvalue weighted by atomic mass is 32.2. The third-order valence-electron chi connectivity index (χ3n) is 3.38. The number of nitrogens with one attached hydrogen (secondary N) is 1. The summed E-state index contributed by atoms with van der Waals surface area (Å²) < 4.78 is 15.2. The Hall–Kier alpha value is -1.18. The van der Waals surface area contributed by atoms with Gasteiger partial charge in [-0.15, -0.1) is 0 Å². The third kappa shape index (κ3) is 3.43. The van der Waals surface area contributed by atoms with Crippen molar-refractivity contribution >= 4 is 11.0 Å². The quantitative estimate of drug-likeness (QED) is 0.919. The molecule has 0 radical (unpaired) electrons. The summed E-state index contributed by atoms with van der Waals surface area (Å²) in [5.74, 6) is 0.369. The molecule has 1 N–H and O–H groups in total. The molecule has 4 heteroatoms. The zero-order chi connectivity index (χ0) is 14.0. The second-order valence-corrected chi connectivity index (χ2v) is 8.02. The van der Waals surface area contributed by atoms with Crippen molar-refractivity contribution < 1.29 is 4.21 Å². The minimum Gasteiger partial charge on any atom is -0.242 e. The number of nitriles is 1. The lowest BCUT2D eigenvalue weighted by atomic mass is 10.0. The van der Waals surface area contributed by atoms with Crippen molar-refractivity contribution in [3.8, 4) is 6.07 Å². The maximum atomic E-state index is 12.3. The highest BCUT2D eigenvalue weighted by Gasteiger charge is 2.45. The average Bonchev–Trinajstić information content (AvgIpc) is 3.14. The molecular weight excluding hydrogens is 256 g/mol. The molecule has 1 aliphatic rings. The first-order valence-corrected chi connectivity index (χ1v) is 7.71. The van der Waals surface area contributed by atoms with Gasteiger partial charge in [-0.2, -0.15) is 5.26 Å². The lowest BCUT2D eigenvalue weighted by Crippen LogP contribution is -2.36. The molecule has 102 valence electrons. The van der Waals surface area contributed by atoms with Crippen LogP contribution in [-0.4, -0.2) is 8.96 Å². The monoisotopic (exact) mass is 276 g/mol. The van der Waals surface area contributed by atoms with Crippen molar-refractivity contribution in [3.05, 3.63) is 35.9 Å². The van der Waals surface area contributed by atoms with Gasteiger partial charge in [0.15, 0.2) is 0 Å². The fraction of sp³-hybridized carbons (Fsp3) is 0.533. The summed E-state index contributed by atoms with van der Waals surface area (Å²) in [6.45, 7) is 5.85. The molecule has 1 fully saturated rings. The zero-order valence-electron chi connectivity index (χ0n) is 11.6. The summed E-state index contributed by atoms with van der Waals surface area (Å²) in [5.41, 5.74) is 1.11. The van der Waals surface area contributed by atoms with Crippen molar-refractivity contribution in [1.82, 2.24) is 4.72 Å². The van der Waals surface area contributed by atoms with Crippen LogP contribution in [0.2, 0.25) is 0 Å². The molecule has 1 aromatic rings. The van der Waals surface area contributed by atoms with Gasteiger partial charge in [-0.1, -0.05) is 30.3 Å². The number of rotatable bonds is 4. The van der Waals surface area contributed by atoms with Crippen molar-refractivity contribution in [1.29, 1.82) is 5.26 Å². The van der Waals surface area contributed by atoms with E-state index in [9.17, 15) is 4.21 Å². The molecule has 3 nitrogen and oxygen atoms in total. The van der Waals surface area contributed by atoms with Crippen molar-refractivity contribution in [3.63, 3.8) is 0 Å². The summed E-state index contributed by atoms with van der Waals surface area (Å²) in [6.07, 6.45) is 0.893. The van der Waals surface area contributed by atoms with Crippen LogP contribution >= 0.6 is 0 Å². The van der Waals surface area contributed by atoms with Crippen molar-refractivity contribution in [2.45, 2.75) is 38.0 Å². The van der Waals surface area contributed by atoms with Gasteiger partial charge in [-0.3, -0.25) is 0 Å². The molecule has 1 aromatic carbocycles. The summed E-state index contributed by atoms with van der Waals surface area (Å²) in [4.78, 5) is 0. The van der Waals surface area contributed by atoms with Crippen LogP contribution in [0.3, 0.4) is 0 Å². The molecule has 0 aromatic heterocycles. The van der Waals surface area contributed by atoms with Crippen LogP contribution in [-0.2, 0) is 11.0 Å². The van der Waals surface area contributed by atoms with Crippen LogP contribution in [0.15, 0.2) is 30.3 Å². The van der Waals surface area contributed by atoms with Crippen LogP contribution in [0.4, 0.5) is 0 Å². The molecule has 0 bridgehead atoms. The lowest BCUT2D eigenvalue weighted by Gasteiger charge is -2.24. The van der Waals surface area contributed by atoms with Gasteiger partial charge in [0.05, 0.1) is 27.7 Å². The van der Waals surface area contributed by atoms with E-state index >= 15 is 0 Å². The Morgan fingerprint density at radius 1 is 1.37 bits per heavy atom. The van der Waals surface area contributed by atoms with Gasteiger partial charge in [0.2, 0.25) is 0 Å². The van der Waals surface area contributed by atoms with Gasteiger partial charge in [0.1, 0.15) is 0 Å². The van der Waals surface area contributed by atoms with Crippen LogP contribution in [0.25, 0.3) is 0 Å². The molecule has 0 heterocycles. The Labute approximate surface area is 117 Å². The summed E-state index contributed by atoms with van der Waals surface area (Å²) >= 11 is 0. The van der Waals surface area contributed by atoms with Crippen molar-refractivity contribution in [2.24, 2.45) is 11.8 Å². The van der Waals surface area contributed by atoms with Gasteiger partial charge in [0.25, 0.3) is 0 Å². The summed E-state index contributed by atoms with van der Waals surface area (Å²) in [7, 11) is -1.12. The summed E-state index contributed by atoms with van der Waals surface area (Å²) in [5, 5.41) is 9.01. The van der Waals surface area contributed by atoms with E-state index in [0.717, 1.165) is 12.0 Å². The number of hydrogen-bond donors (Lipinski definition) is 1. The van der Waals surface area contributed by atoms with Crippen molar-refractivity contribution in [2.75, 3.05) is 0 Å². The van der Waals surface area contributed by atoms with E-state index in [1.807, 2.05) is 51.1 Å². The first-order chi connectivity index (χ1) is 8.93. The Morgan fingerprint density at radius 2 is 2.00 bits per heavy atom. The van der Waals surface area contributed by atoms with Crippen LogP contribution < -0.4 is 4.72 Å². The third-order valence-corrected chi connectivity index (χ3v) is 4.96. The highest BCUT2D eigenvalue weighted by Crippen LogP contribution is 2.47. The summed E-state index contributed by atoms with van der Waals surface area (Å²) in [6, 6.07) is 12.3. The molecule has 0 aliphatic heterocycles. The Bertz CT molecular complexity index is 501. The molecule has 1 saturated carbocycles. The minimum absolute atomic E-state index is 0.00547. The van der Waals surface area contributed by atoms with E-state index in [0.29, 0.717) is 0 Å². The van der Waals surface area contributed by atoms with Crippen LogP contribution in [0.5, 0.6) is 0 Å². The van der Waals surface area contributed by atoms with E-state index in [1.165, 1.54) is 0 Å². The SMILES string of the molecule is CC(C)(C)[S@@](=O)N[C@H](c1ccccc1)[C@@H]1C[C@H]1C#N. The standard InChI is InChI=1S/C15H20N2OS/c1-15(2,3)19(18)17-14(13-9-12(13)10-16)11-7-5-4-6-8-11/h4-8,12-14,17H,9H2,1-3H3/t12-,13+,14+,19+/m0/s1. The molecule has 4 atom stereocenters. The number of benzene rings is 1. The Kier molecular flexibility index (Phi) is 4.07. The zero-order valence-corrected chi connectivity index (χ0v) is 12.4. The van der Waals surface area contributed by atoms with Gasteiger partial charge >= 0.3 is 0 Å². The molecule has 1 aliphatic carbocycles. The Morgan fingerprint density at radius 3 is 2.47 bits per heavy atom. The maximum Gasteiger partial charge on any atom is 0.0976 e. The van der Waals surface area contributed by atoms with Crippen LogP contribution in [0, 0.1) is 23.2 Å². The Balaban J connectivity index is 2.18. The van der Waals surface area contributed by atoms with E-state index in [1.54, 1.807) is 0 Å². The minimum atomic E-state index is -1.12. The second-order valence-electron chi connectivity index (χ2n) is 6.02. The molecule has 19 heavy (non-hydrogen) atoms. The normalized spacial score (nSPS) is 25.4. The topological polar surface area (TPSA) is 52.9 Å². The first kappa shape index (κ1) is 14.2.